The zero-order valence-electron chi connectivity index (χ0n) is 12.6. The molecular formula is C17H17NO4S. The second-order valence-corrected chi connectivity index (χ2v) is 8.09. The molecule has 4 rings (SSSR count). The summed E-state index contributed by atoms with van der Waals surface area (Å²) in [6.45, 7) is 1.89. The Kier molecular flexibility index (Phi) is 3.13. The molecule has 2 aliphatic carbocycles. The van der Waals surface area contributed by atoms with Gasteiger partial charge in [0, 0.05) is 5.92 Å². The number of allylic oxidation sites excluding steroid dienone is 3. The van der Waals surface area contributed by atoms with Crippen molar-refractivity contribution in [3.05, 3.63) is 54.1 Å². The first-order valence-electron chi connectivity index (χ1n) is 7.65. The van der Waals surface area contributed by atoms with Crippen molar-refractivity contribution in [3.8, 4) is 0 Å². The maximum atomic E-state index is 13.0. The Morgan fingerprint density at radius 1 is 1.13 bits per heavy atom. The molecule has 6 heteroatoms. The number of nitrogens with zero attached hydrogens (tertiary/aromatic N) is 1. The number of rotatable bonds is 2. The normalized spacial score (nSPS) is 31.9. The van der Waals surface area contributed by atoms with Crippen LogP contribution in [0.25, 0.3) is 0 Å². The quantitative estimate of drug-likeness (QED) is 0.836. The summed E-state index contributed by atoms with van der Waals surface area (Å²) in [5.41, 5.74) is 0.965. The summed E-state index contributed by atoms with van der Waals surface area (Å²) in [5.74, 6) is 0.204. The van der Waals surface area contributed by atoms with Gasteiger partial charge < -0.3 is 4.74 Å². The number of benzene rings is 1. The van der Waals surface area contributed by atoms with Crippen molar-refractivity contribution in [2.45, 2.75) is 30.4 Å². The minimum atomic E-state index is -3.91. The summed E-state index contributed by atoms with van der Waals surface area (Å²) < 4.78 is 32.2. The Balaban J connectivity index is 1.75. The molecule has 0 aromatic heterocycles. The lowest BCUT2D eigenvalue weighted by Gasteiger charge is -2.27. The van der Waals surface area contributed by atoms with Crippen LogP contribution in [0.4, 0.5) is 4.79 Å². The van der Waals surface area contributed by atoms with Crippen molar-refractivity contribution in [2.75, 3.05) is 0 Å². The number of amides is 1. The molecule has 23 heavy (non-hydrogen) atoms. The zero-order valence-corrected chi connectivity index (χ0v) is 13.4. The van der Waals surface area contributed by atoms with Crippen molar-refractivity contribution < 1.29 is 17.9 Å². The van der Waals surface area contributed by atoms with E-state index in [4.69, 9.17) is 4.74 Å². The third-order valence-corrected chi connectivity index (χ3v) is 6.64. The first-order valence-corrected chi connectivity index (χ1v) is 9.09. The van der Waals surface area contributed by atoms with Crippen molar-refractivity contribution in [1.82, 2.24) is 4.31 Å². The number of hydrogen-bond acceptors (Lipinski definition) is 4. The lowest BCUT2D eigenvalue weighted by atomic mass is 9.90. The maximum absolute atomic E-state index is 13.0. The minimum absolute atomic E-state index is 0.0170. The van der Waals surface area contributed by atoms with Gasteiger partial charge in [0.1, 0.15) is 6.10 Å². The monoisotopic (exact) mass is 331 g/mol. The SMILES string of the molecule is Cc1ccc(S(=O)(=O)N2C(=O)O[C@@H]3CC4C=CC=CC4[C@@H]32)cc1. The van der Waals surface area contributed by atoms with E-state index in [-0.39, 0.29) is 22.8 Å². The summed E-state index contributed by atoms with van der Waals surface area (Å²) in [5, 5.41) is 0. The second kappa shape index (κ2) is 4.96. The molecule has 120 valence electrons. The molecule has 1 aromatic carbocycles. The fourth-order valence-electron chi connectivity index (χ4n) is 3.74. The largest absolute Gasteiger partial charge is 0.443 e. The summed E-state index contributed by atoms with van der Waals surface area (Å²) in [6.07, 6.45) is 7.45. The predicted molar refractivity (Wildman–Crippen MR) is 84.1 cm³/mol. The first kappa shape index (κ1) is 14.5. The first-order chi connectivity index (χ1) is 11.0. The molecule has 1 aromatic rings. The van der Waals surface area contributed by atoms with Crippen LogP contribution in [0.2, 0.25) is 0 Å². The van der Waals surface area contributed by atoms with E-state index in [1.165, 1.54) is 12.1 Å². The van der Waals surface area contributed by atoms with Crippen LogP contribution in [-0.2, 0) is 14.8 Å². The molecule has 2 unspecified atom stereocenters. The van der Waals surface area contributed by atoms with Crippen LogP contribution in [0, 0.1) is 18.8 Å². The number of ether oxygens (including phenoxy) is 1. The molecule has 1 amide bonds. The summed E-state index contributed by atoms with van der Waals surface area (Å²) in [6, 6.07) is 6.07. The van der Waals surface area contributed by atoms with Crippen LogP contribution >= 0.6 is 0 Å². The van der Waals surface area contributed by atoms with Crippen LogP contribution < -0.4 is 0 Å². The van der Waals surface area contributed by atoms with E-state index in [9.17, 15) is 13.2 Å². The molecule has 0 bridgehead atoms. The molecule has 0 radical (unpaired) electrons. The fraction of sp³-hybridized carbons (Fsp3) is 0.353. The van der Waals surface area contributed by atoms with Crippen molar-refractivity contribution in [1.29, 1.82) is 0 Å². The lowest BCUT2D eigenvalue weighted by molar-refractivity contribution is 0.133. The number of hydrogen-bond donors (Lipinski definition) is 0. The smallest absolute Gasteiger partial charge is 0.424 e. The molecule has 1 heterocycles. The molecule has 1 saturated heterocycles. The molecule has 0 N–H and O–H groups in total. The summed E-state index contributed by atoms with van der Waals surface area (Å²) >= 11 is 0. The van der Waals surface area contributed by atoms with Gasteiger partial charge >= 0.3 is 6.09 Å². The van der Waals surface area contributed by atoms with Gasteiger partial charge in [0.2, 0.25) is 0 Å². The van der Waals surface area contributed by atoms with E-state index in [0.29, 0.717) is 6.42 Å². The Morgan fingerprint density at radius 2 is 1.83 bits per heavy atom. The molecule has 3 aliphatic rings. The van der Waals surface area contributed by atoms with Gasteiger partial charge in [-0.3, -0.25) is 0 Å². The van der Waals surface area contributed by atoms with Gasteiger partial charge in [-0.2, -0.15) is 4.31 Å². The highest BCUT2D eigenvalue weighted by molar-refractivity contribution is 7.89. The van der Waals surface area contributed by atoms with Gasteiger partial charge in [-0.25, -0.2) is 13.2 Å². The Hall–Kier alpha value is -2.08. The van der Waals surface area contributed by atoms with Crippen LogP contribution in [0.15, 0.2) is 53.5 Å². The summed E-state index contributed by atoms with van der Waals surface area (Å²) in [7, 11) is -3.91. The van der Waals surface area contributed by atoms with Gasteiger partial charge in [-0.05, 0) is 31.4 Å². The number of carbonyl (C=O) groups is 1. The van der Waals surface area contributed by atoms with E-state index in [0.717, 1.165) is 9.87 Å². The van der Waals surface area contributed by atoms with Gasteiger partial charge in [-0.15, -0.1) is 0 Å². The van der Waals surface area contributed by atoms with Crippen LogP contribution in [-0.4, -0.2) is 31.0 Å². The maximum Gasteiger partial charge on any atom is 0.424 e. The molecule has 5 nitrogen and oxygen atoms in total. The Bertz CT molecular complexity index is 810. The lowest BCUT2D eigenvalue weighted by Crippen LogP contribution is -2.43. The zero-order chi connectivity index (χ0) is 16.2. The number of carbonyl (C=O) groups excluding carboxylic acids is 1. The number of aryl methyl sites for hydroxylation is 1. The fourth-order valence-corrected chi connectivity index (χ4v) is 5.28. The third-order valence-electron chi connectivity index (χ3n) is 4.86. The van der Waals surface area contributed by atoms with Crippen molar-refractivity contribution in [2.24, 2.45) is 11.8 Å². The van der Waals surface area contributed by atoms with Gasteiger partial charge in [0.25, 0.3) is 10.0 Å². The van der Waals surface area contributed by atoms with Crippen molar-refractivity contribution >= 4 is 16.1 Å². The predicted octanol–water partition coefficient (Wildman–Crippen LogP) is 2.64. The highest BCUT2D eigenvalue weighted by Gasteiger charge is 2.57. The molecule has 1 aliphatic heterocycles. The van der Waals surface area contributed by atoms with E-state index in [1.807, 2.05) is 25.2 Å². The Labute approximate surface area is 135 Å². The van der Waals surface area contributed by atoms with Crippen LogP contribution in [0.1, 0.15) is 12.0 Å². The van der Waals surface area contributed by atoms with E-state index < -0.39 is 22.2 Å². The number of fused-ring (bicyclic) bond motifs is 3. The average Bonchev–Trinajstić information content (AvgIpc) is 3.02. The van der Waals surface area contributed by atoms with Crippen LogP contribution in [0.5, 0.6) is 0 Å². The highest BCUT2D eigenvalue weighted by Crippen LogP contribution is 2.46. The number of sulfonamides is 1. The Morgan fingerprint density at radius 3 is 2.57 bits per heavy atom. The van der Waals surface area contributed by atoms with Crippen LogP contribution in [0.3, 0.4) is 0 Å². The van der Waals surface area contributed by atoms with E-state index in [2.05, 4.69) is 6.08 Å². The molecule has 0 spiro atoms. The highest BCUT2D eigenvalue weighted by atomic mass is 32.2. The van der Waals surface area contributed by atoms with Gasteiger partial charge in [0.15, 0.2) is 0 Å². The second-order valence-electron chi connectivity index (χ2n) is 6.27. The molecule has 2 fully saturated rings. The minimum Gasteiger partial charge on any atom is -0.443 e. The molecular weight excluding hydrogens is 314 g/mol. The van der Waals surface area contributed by atoms with E-state index in [1.54, 1.807) is 12.1 Å². The van der Waals surface area contributed by atoms with Crippen molar-refractivity contribution in [3.63, 3.8) is 0 Å². The standard InChI is InChI=1S/C17H17NO4S/c1-11-6-8-13(9-7-11)23(20,21)18-16-14-5-3-2-4-12(14)10-15(16)22-17(18)19/h2-9,12,14-16H,10H2,1H3/t12?,14?,15-,16+/m1/s1. The van der Waals surface area contributed by atoms with Gasteiger partial charge in [-0.1, -0.05) is 42.0 Å². The van der Waals surface area contributed by atoms with E-state index >= 15 is 0 Å². The van der Waals surface area contributed by atoms with Gasteiger partial charge in [0.05, 0.1) is 10.9 Å². The topological polar surface area (TPSA) is 63.7 Å². The average molecular weight is 331 g/mol. The molecule has 1 saturated carbocycles. The molecule has 4 atom stereocenters. The third kappa shape index (κ3) is 2.12. The summed E-state index contributed by atoms with van der Waals surface area (Å²) in [4.78, 5) is 12.4.